The molecule has 0 aromatic heterocycles. The Labute approximate surface area is 371 Å². The van der Waals surface area contributed by atoms with Gasteiger partial charge in [0, 0.05) is 2.85 Å². The molecule has 0 radical (unpaired) electrons. The number of benzene rings is 2. The largest absolute Gasteiger partial charge is 0.106 e. The van der Waals surface area contributed by atoms with E-state index in [0.29, 0.717) is 21.7 Å². The summed E-state index contributed by atoms with van der Waals surface area (Å²) in [6.07, 6.45) is 21.6. The third kappa shape index (κ3) is 18.2. The fourth-order valence-corrected chi connectivity index (χ4v) is 10.9. The minimum absolute atomic E-state index is 0. The zero-order chi connectivity index (χ0) is 44.5. The molecular weight excluding hydrogens is 709 g/mol. The Morgan fingerprint density at radius 3 is 1.71 bits per heavy atom. The second-order valence-electron chi connectivity index (χ2n) is 20.2. The normalized spacial score (nSPS) is 25.5. The van der Waals surface area contributed by atoms with Gasteiger partial charge in [-0.05, 0) is 169 Å². The maximum atomic E-state index is 4.84. The third-order valence-electron chi connectivity index (χ3n) is 14.9. The van der Waals surface area contributed by atoms with Gasteiger partial charge in [0.1, 0.15) is 0 Å². The van der Waals surface area contributed by atoms with Gasteiger partial charge in [0.05, 0.1) is 0 Å². The van der Waals surface area contributed by atoms with Gasteiger partial charge in [0.15, 0.2) is 0 Å². The minimum atomic E-state index is 0. The van der Waals surface area contributed by atoms with Crippen molar-refractivity contribution in [1.82, 2.24) is 0 Å². The van der Waals surface area contributed by atoms with E-state index in [0.717, 1.165) is 35.5 Å². The van der Waals surface area contributed by atoms with Crippen LogP contribution in [0.2, 0.25) is 0 Å². The molecule has 0 saturated heterocycles. The highest BCUT2D eigenvalue weighted by atomic mass is 14.6. The van der Waals surface area contributed by atoms with Crippen LogP contribution in [0.25, 0.3) is 0 Å². The highest BCUT2D eigenvalue weighted by molar-refractivity contribution is 5.41. The van der Waals surface area contributed by atoms with Crippen molar-refractivity contribution in [3.05, 3.63) is 71.8 Å². The lowest BCUT2D eigenvalue weighted by Gasteiger charge is -2.58. The highest BCUT2D eigenvalue weighted by Crippen LogP contribution is 2.61. The standard InChI is InChI=1S/C16H32.C15H28.C11H4.C10H14.C7H8.2H2/c1-8-11-15(4,5)14-10-9-12(2)13(3)16(14,6)7;1-11-7-8-13-14(3,4)9-6-10-15(13,5)12(11)2;1-3-5-7-9-11-10-8-6-4-2;1-2-3-7-10-8-5-4-6-9-10;1-7-5-3-2-4-6-7;;/h12-14H,8-11H2,1-7H3;11-13H,6-10H2,1-5H3;1H,2H3;4-6,8-9H,2-3,7H2,1H3;2-6H,1H3;2*1H. The predicted octanol–water partition coefficient (Wildman–Crippen LogP) is 16.6. The van der Waals surface area contributed by atoms with E-state index in [1.54, 1.807) is 6.92 Å². The maximum absolute atomic E-state index is 4.84. The number of terminal acetylenes is 1. The van der Waals surface area contributed by atoms with Crippen molar-refractivity contribution in [1.29, 1.82) is 0 Å². The summed E-state index contributed by atoms with van der Waals surface area (Å²) >= 11 is 0. The van der Waals surface area contributed by atoms with Crippen molar-refractivity contribution >= 4 is 0 Å². The summed E-state index contributed by atoms with van der Waals surface area (Å²) in [6.45, 7) is 35.8. The highest BCUT2D eigenvalue weighted by Gasteiger charge is 2.52. The van der Waals surface area contributed by atoms with Gasteiger partial charge in [-0.25, -0.2) is 0 Å². The van der Waals surface area contributed by atoms with Gasteiger partial charge >= 0.3 is 0 Å². The molecule has 0 nitrogen and oxygen atoms in total. The Morgan fingerprint density at radius 1 is 0.678 bits per heavy atom. The van der Waals surface area contributed by atoms with Gasteiger partial charge in [0.25, 0.3) is 0 Å². The molecule has 2 aromatic rings. The van der Waals surface area contributed by atoms with Crippen molar-refractivity contribution in [2.75, 3.05) is 0 Å². The summed E-state index contributed by atoms with van der Waals surface area (Å²) < 4.78 is 0. The number of fused-ring (bicyclic) bond motifs is 1. The van der Waals surface area contributed by atoms with Crippen LogP contribution in [0.4, 0.5) is 0 Å². The van der Waals surface area contributed by atoms with E-state index >= 15 is 0 Å². The molecule has 0 heterocycles. The summed E-state index contributed by atoms with van der Waals surface area (Å²) in [5, 5.41) is 0. The van der Waals surface area contributed by atoms with Crippen LogP contribution in [-0.2, 0) is 6.42 Å². The second kappa shape index (κ2) is 27.2. The van der Waals surface area contributed by atoms with Crippen LogP contribution in [0.1, 0.15) is 182 Å². The average molecular weight is 799 g/mol. The van der Waals surface area contributed by atoms with E-state index in [9.17, 15) is 0 Å². The number of hydrogen-bond acceptors (Lipinski definition) is 0. The van der Waals surface area contributed by atoms with E-state index in [-0.39, 0.29) is 2.85 Å². The van der Waals surface area contributed by atoms with E-state index in [4.69, 9.17) is 6.42 Å². The van der Waals surface area contributed by atoms with Crippen molar-refractivity contribution in [3.63, 3.8) is 0 Å². The number of unbranched alkanes of at least 4 members (excludes halogenated alkanes) is 1. The van der Waals surface area contributed by atoms with Gasteiger partial charge < -0.3 is 0 Å². The third-order valence-corrected chi connectivity index (χ3v) is 14.9. The molecule has 0 amide bonds. The molecule has 3 aliphatic rings. The Kier molecular flexibility index (Phi) is 24.5. The van der Waals surface area contributed by atoms with E-state index in [1.807, 2.05) is 18.2 Å². The lowest BCUT2D eigenvalue weighted by atomic mass is 9.47. The lowest BCUT2D eigenvalue weighted by Crippen LogP contribution is -2.50. The summed E-state index contributed by atoms with van der Waals surface area (Å²) in [6, 6.07) is 20.9. The Bertz CT molecular complexity index is 1760. The van der Waals surface area contributed by atoms with Crippen molar-refractivity contribution in [3.8, 4) is 59.7 Å². The van der Waals surface area contributed by atoms with E-state index < -0.39 is 0 Å². The van der Waals surface area contributed by atoms with Crippen molar-refractivity contribution in [2.45, 2.75) is 181 Å². The second-order valence-corrected chi connectivity index (χ2v) is 20.2. The smallest absolute Gasteiger partial charge is 0 e. The topological polar surface area (TPSA) is 0 Å². The first-order valence-corrected chi connectivity index (χ1v) is 23.3. The van der Waals surface area contributed by atoms with Gasteiger partial charge in [-0.15, -0.1) is 6.42 Å². The van der Waals surface area contributed by atoms with Crippen LogP contribution >= 0.6 is 0 Å². The Balaban J connectivity index is 0. The molecule has 3 saturated carbocycles. The van der Waals surface area contributed by atoms with Gasteiger partial charge in [0.2, 0.25) is 0 Å². The molecule has 0 heteroatoms. The fourth-order valence-electron chi connectivity index (χ4n) is 10.9. The first-order valence-electron chi connectivity index (χ1n) is 23.3. The van der Waals surface area contributed by atoms with Gasteiger partial charge in [-0.3, -0.25) is 0 Å². The van der Waals surface area contributed by atoms with Gasteiger partial charge in [-0.1, -0.05) is 194 Å². The molecule has 2 aromatic carbocycles. The summed E-state index contributed by atoms with van der Waals surface area (Å²) in [4.78, 5) is 0. The summed E-state index contributed by atoms with van der Waals surface area (Å²) in [5.74, 6) is 27.5. The first kappa shape index (κ1) is 53.3. The molecule has 5 rings (SSSR count). The van der Waals surface area contributed by atoms with Crippen LogP contribution in [0.5, 0.6) is 0 Å². The Hall–Kier alpha value is -3.76. The van der Waals surface area contributed by atoms with Crippen LogP contribution in [0.3, 0.4) is 0 Å². The van der Waals surface area contributed by atoms with E-state index in [2.05, 4.69) is 193 Å². The van der Waals surface area contributed by atoms with Gasteiger partial charge in [-0.2, -0.15) is 0 Å². The molecule has 3 fully saturated rings. The lowest BCUT2D eigenvalue weighted by molar-refractivity contribution is -0.0868. The first-order chi connectivity index (χ1) is 27.8. The maximum Gasteiger partial charge on any atom is 0 e. The molecule has 0 N–H and O–H groups in total. The quantitative estimate of drug-likeness (QED) is 0.255. The molecule has 0 bridgehead atoms. The summed E-state index contributed by atoms with van der Waals surface area (Å²) in [7, 11) is 0. The predicted molar refractivity (Wildman–Crippen MR) is 266 cm³/mol. The molecule has 0 spiro atoms. The van der Waals surface area contributed by atoms with E-state index in [1.165, 1.54) is 88.2 Å². The number of aryl methyl sites for hydroxylation is 2. The fraction of sp³-hybridized carbons (Fsp3) is 0.627. The zero-order valence-corrected chi connectivity index (χ0v) is 40.8. The monoisotopic (exact) mass is 799 g/mol. The van der Waals surface area contributed by atoms with Crippen LogP contribution < -0.4 is 0 Å². The molecular formula is C59H90. The average Bonchev–Trinajstić information content (AvgIpc) is 3.19. The molecule has 326 valence electrons. The van der Waals surface area contributed by atoms with Crippen molar-refractivity contribution < 1.29 is 2.85 Å². The molecule has 7 unspecified atom stereocenters. The van der Waals surface area contributed by atoms with Crippen molar-refractivity contribution in [2.24, 2.45) is 57.2 Å². The van der Waals surface area contributed by atoms with Crippen LogP contribution in [0, 0.1) is 124 Å². The molecule has 59 heavy (non-hydrogen) atoms. The molecule has 0 aliphatic heterocycles. The van der Waals surface area contributed by atoms with Crippen LogP contribution in [0.15, 0.2) is 60.7 Å². The van der Waals surface area contributed by atoms with Crippen LogP contribution in [-0.4, -0.2) is 0 Å². The number of hydrogen-bond donors (Lipinski definition) is 0. The molecule has 3 aliphatic carbocycles. The minimum Gasteiger partial charge on any atom is -0.106 e. The zero-order valence-electron chi connectivity index (χ0n) is 40.8. The number of rotatable bonds is 6. The Morgan fingerprint density at radius 2 is 1.20 bits per heavy atom. The SMILES string of the molecule is C#CC#CC#CC#CC#CC.CC1CCC2C(C)(C)CCCC2(C)C1C.CCCC(C)(C)C1CCC(C)C(C)C1(C)C.CCCCc1ccccc1.Cc1ccccc1.[HH].[HH]. The molecule has 7 atom stereocenters. The summed E-state index contributed by atoms with van der Waals surface area (Å²) in [5.41, 5.74) is 5.05.